The fourth-order valence-corrected chi connectivity index (χ4v) is 3.39. The molecule has 1 aliphatic heterocycles. The van der Waals surface area contributed by atoms with Crippen LogP contribution in [0.15, 0.2) is 17.5 Å². The summed E-state index contributed by atoms with van der Waals surface area (Å²) in [6, 6.07) is 3.44. The largest absolute Gasteiger partial charge is 0.323 e. The highest BCUT2D eigenvalue weighted by atomic mass is 32.2. The number of likely N-dealkylation sites (tertiary alicyclic amines) is 1. The lowest BCUT2D eigenvalue weighted by atomic mass is 10.4. The van der Waals surface area contributed by atoms with Crippen molar-refractivity contribution in [2.24, 2.45) is 0 Å². The van der Waals surface area contributed by atoms with Crippen molar-refractivity contribution in [3.63, 3.8) is 0 Å². The molecule has 0 radical (unpaired) electrons. The van der Waals surface area contributed by atoms with E-state index in [1.807, 2.05) is 17.5 Å². The Morgan fingerprint density at radius 2 is 2.35 bits per heavy atom. The highest BCUT2D eigenvalue weighted by molar-refractivity contribution is 7.91. The van der Waals surface area contributed by atoms with E-state index in [2.05, 4.69) is 5.32 Å². The molecule has 1 unspecified atom stereocenters. The molecule has 1 fully saturated rings. The first-order valence-electron chi connectivity index (χ1n) is 5.25. The molecule has 0 spiro atoms. The Balaban J connectivity index is 1.95. The Bertz CT molecular complexity index is 496. The first-order valence-corrected chi connectivity index (χ1v) is 8.08. The van der Waals surface area contributed by atoms with Gasteiger partial charge in [0.15, 0.2) is 9.84 Å². The molecule has 2 heterocycles. The third kappa shape index (κ3) is 2.98. The Morgan fingerprint density at radius 3 is 2.88 bits per heavy atom. The van der Waals surface area contributed by atoms with Crippen LogP contribution in [0.4, 0.5) is 9.80 Å². The number of hydrogen-bond acceptors (Lipinski definition) is 4. The predicted molar refractivity (Wildman–Crippen MR) is 68.2 cm³/mol. The van der Waals surface area contributed by atoms with Gasteiger partial charge in [-0.1, -0.05) is 0 Å². The van der Waals surface area contributed by atoms with E-state index in [-0.39, 0.29) is 12.6 Å². The number of amides is 2. The average molecular weight is 274 g/mol. The zero-order valence-electron chi connectivity index (χ0n) is 9.42. The SMILES string of the molecule is CS(=O)(=O)C1CCN(C(=O)Nc2cccs2)C1. The molecule has 2 amide bonds. The fraction of sp³-hybridized carbons (Fsp3) is 0.500. The molecule has 94 valence electrons. The van der Waals surface area contributed by atoms with Gasteiger partial charge in [-0.3, -0.25) is 5.32 Å². The quantitative estimate of drug-likeness (QED) is 0.886. The van der Waals surface area contributed by atoms with E-state index < -0.39 is 15.1 Å². The standard InChI is InChI=1S/C10H14N2O3S2/c1-17(14,15)8-4-5-12(7-8)10(13)11-9-3-2-6-16-9/h2-3,6,8H,4-5,7H2,1H3,(H,11,13). The second kappa shape index (κ2) is 4.66. The minimum absolute atomic E-state index is 0.224. The zero-order chi connectivity index (χ0) is 12.5. The van der Waals surface area contributed by atoms with Gasteiger partial charge in [-0.2, -0.15) is 0 Å². The maximum absolute atomic E-state index is 11.8. The number of sulfone groups is 1. The normalized spacial score (nSPS) is 20.5. The minimum Gasteiger partial charge on any atom is -0.323 e. The summed E-state index contributed by atoms with van der Waals surface area (Å²) < 4.78 is 22.7. The Morgan fingerprint density at radius 1 is 1.59 bits per heavy atom. The lowest BCUT2D eigenvalue weighted by Gasteiger charge is -2.16. The van der Waals surface area contributed by atoms with Crippen molar-refractivity contribution >= 4 is 32.2 Å². The number of hydrogen-bond donors (Lipinski definition) is 1. The van der Waals surface area contributed by atoms with Crippen LogP contribution in [0.5, 0.6) is 0 Å². The predicted octanol–water partition coefficient (Wildman–Crippen LogP) is 1.40. The molecular weight excluding hydrogens is 260 g/mol. The summed E-state index contributed by atoms with van der Waals surface area (Å²) in [6.07, 6.45) is 1.75. The van der Waals surface area contributed by atoms with Gasteiger partial charge in [-0.15, -0.1) is 11.3 Å². The monoisotopic (exact) mass is 274 g/mol. The molecule has 1 saturated heterocycles. The molecule has 0 bridgehead atoms. The van der Waals surface area contributed by atoms with E-state index in [0.29, 0.717) is 13.0 Å². The van der Waals surface area contributed by atoms with Gasteiger partial charge in [0.2, 0.25) is 0 Å². The molecule has 2 rings (SSSR count). The summed E-state index contributed by atoms with van der Waals surface area (Å²) in [5.74, 6) is 0. The number of nitrogens with one attached hydrogen (secondary N) is 1. The molecule has 0 saturated carbocycles. The van der Waals surface area contributed by atoms with Gasteiger partial charge in [0.1, 0.15) is 0 Å². The van der Waals surface area contributed by atoms with Gasteiger partial charge in [0.05, 0.1) is 10.3 Å². The summed E-state index contributed by atoms with van der Waals surface area (Å²) in [7, 11) is -3.05. The van der Waals surface area contributed by atoms with E-state index in [4.69, 9.17) is 0 Å². The number of anilines is 1. The zero-order valence-corrected chi connectivity index (χ0v) is 11.1. The minimum atomic E-state index is -3.05. The molecule has 5 nitrogen and oxygen atoms in total. The van der Waals surface area contributed by atoms with Crippen molar-refractivity contribution in [3.05, 3.63) is 17.5 Å². The van der Waals surface area contributed by atoms with Crippen molar-refractivity contribution in [2.45, 2.75) is 11.7 Å². The van der Waals surface area contributed by atoms with Crippen molar-refractivity contribution in [3.8, 4) is 0 Å². The summed E-state index contributed by atoms with van der Waals surface area (Å²) in [6.45, 7) is 0.783. The Labute approximate surface area is 104 Å². The molecule has 0 aliphatic carbocycles. The lowest BCUT2D eigenvalue weighted by molar-refractivity contribution is 0.222. The fourth-order valence-electron chi connectivity index (χ4n) is 1.80. The third-order valence-corrected chi connectivity index (χ3v) is 5.17. The van der Waals surface area contributed by atoms with Gasteiger partial charge in [-0.25, -0.2) is 13.2 Å². The third-order valence-electron chi connectivity index (χ3n) is 2.79. The maximum atomic E-state index is 11.8. The maximum Gasteiger partial charge on any atom is 0.322 e. The molecule has 7 heteroatoms. The molecule has 1 aliphatic rings. The molecule has 1 N–H and O–H groups in total. The van der Waals surface area contributed by atoms with Crippen LogP contribution in [0.2, 0.25) is 0 Å². The second-order valence-corrected chi connectivity index (χ2v) is 7.37. The van der Waals surface area contributed by atoms with Gasteiger partial charge >= 0.3 is 6.03 Å². The van der Waals surface area contributed by atoms with Crippen LogP contribution >= 0.6 is 11.3 Å². The van der Waals surface area contributed by atoms with Crippen molar-refractivity contribution in [2.75, 3.05) is 24.7 Å². The summed E-state index contributed by atoms with van der Waals surface area (Å²) >= 11 is 1.44. The number of rotatable bonds is 2. The van der Waals surface area contributed by atoms with Crippen LogP contribution in [0, 0.1) is 0 Å². The Kier molecular flexibility index (Phi) is 3.39. The molecule has 17 heavy (non-hydrogen) atoms. The molecule has 1 aromatic rings. The first kappa shape index (κ1) is 12.4. The Hall–Kier alpha value is -1.08. The highest BCUT2D eigenvalue weighted by Gasteiger charge is 2.32. The number of thiophene rings is 1. The van der Waals surface area contributed by atoms with Crippen molar-refractivity contribution < 1.29 is 13.2 Å². The van der Waals surface area contributed by atoms with Crippen LogP contribution in [0.1, 0.15) is 6.42 Å². The van der Waals surface area contributed by atoms with Gasteiger partial charge in [-0.05, 0) is 23.9 Å². The van der Waals surface area contributed by atoms with Crippen LogP contribution in [-0.2, 0) is 9.84 Å². The molecule has 1 aromatic heterocycles. The van der Waals surface area contributed by atoms with Crippen LogP contribution in [0.3, 0.4) is 0 Å². The summed E-state index contributed by atoms with van der Waals surface area (Å²) in [5.41, 5.74) is 0. The van der Waals surface area contributed by atoms with Crippen molar-refractivity contribution in [1.29, 1.82) is 0 Å². The van der Waals surface area contributed by atoms with Gasteiger partial charge < -0.3 is 4.90 Å². The number of nitrogens with zero attached hydrogens (tertiary/aromatic N) is 1. The van der Waals surface area contributed by atoms with Crippen LogP contribution in [0.25, 0.3) is 0 Å². The van der Waals surface area contributed by atoms with E-state index in [1.165, 1.54) is 17.6 Å². The van der Waals surface area contributed by atoms with Crippen LogP contribution < -0.4 is 5.32 Å². The van der Waals surface area contributed by atoms with Crippen molar-refractivity contribution in [1.82, 2.24) is 4.90 Å². The highest BCUT2D eigenvalue weighted by Crippen LogP contribution is 2.19. The van der Waals surface area contributed by atoms with Gasteiger partial charge in [0.25, 0.3) is 0 Å². The smallest absolute Gasteiger partial charge is 0.322 e. The first-order chi connectivity index (χ1) is 7.97. The average Bonchev–Trinajstić information content (AvgIpc) is 2.85. The molecule has 0 aromatic carbocycles. The summed E-state index contributed by atoms with van der Waals surface area (Å²) in [4.78, 5) is 13.4. The summed E-state index contributed by atoms with van der Waals surface area (Å²) in [5, 5.41) is 4.98. The van der Waals surface area contributed by atoms with E-state index in [9.17, 15) is 13.2 Å². The number of carbonyl (C=O) groups is 1. The topological polar surface area (TPSA) is 66.5 Å². The second-order valence-electron chi connectivity index (χ2n) is 4.09. The molecular formula is C10H14N2O3S2. The van der Waals surface area contributed by atoms with E-state index in [1.54, 1.807) is 4.90 Å². The lowest BCUT2D eigenvalue weighted by Crippen LogP contribution is -2.34. The van der Waals surface area contributed by atoms with E-state index in [0.717, 1.165) is 5.00 Å². The van der Waals surface area contributed by atoms with Crippen LogP contribution in [-0.4, -0.2) is 43.9 Å². The molecule has 1 atom stereocenters. The number of carbonyl (C=O) groups excluding carboxylic acids is 1. The number of urea groups is 1. The van der Waals surface area contributed by atoms with Gasteiger partial charge in [0, 0.05) is 19.3 Å². The van der Waals surface area contributed by atoms with E-state index >= 15 is 0 Å².